The molecule has 3 atom stereocenters. The molecule has 5 rings (SSSR count). The summed E-state index contributed by atoms with van der Waals surface area (Å²) in [5.41, 5.74) is 7.44. The Bertz CT molecular complexity index is 1350. The summed E-state index contributed by atoms with van der Waals surface area (Å²) >= 11 is 0. The van der Waals surface area contributed by atoms with Crippen LogP contribution in [0.15, 0.2) is 59.6 Å². The van der Waals surface area contributed by atoms with Crippen molar-refractivity contribution in [2.45, 2.75) is 45.4 Å². The molecule has 1 saturated heterocycles. The first-order chi connectivity index (χ1) is 17.7. The van der Waals surface area contributed by atoms with Crippen LogP contribution < -0.4 is 10.2 Å². The highest BCUT2D eigenvalue weighted by atomic mass is 19.1. The van der Waals surface area contributed by atoms with Crippen molar-refractivity contribution >= 4 is 23.6 Å². The van der Waals surface area contributed by atoms with Gasteiger partial charge in [-0.2, -0.15) is 0 Å². The minimum absolute atomic E-state index is 0.0729. The van der Waals surface area contributed by atoms with Crippen LogP contribution in [0.1, 0.15) is 34.7 Å². The second-order valence-corrected chi connectivity index (χ2v) is 10.3. The highest BCUT2D eigenvalue weighted by Crippen LogP contribution is 2.41. The third-order valence-electron chi connectivity index (χ3n) is 7.20. The maximum Gasteiger partial charge on any atom is 0.250 e. The minimum Gasteiger partial charge on any atom is -0.508 e. The maximum absolute atomic E-state index is 14.1. The number of alkyl halides is 1. The summed E-state index contributed by atoms with van der Waals surface area (Å²) in [5, 5.41) is 13.3. The van der Waals surface area contributed by atoms with Gasteiger partial charge >= 0.3 is 0 Å². The maximum atomic E-state index is 14.1. The number of nitrogens with zero attached hydrogens (tertiary/aromatic N) is 3. The number of nitrogens with one attached hydrogen (secondary N) is 1. The fraction of sp³-hybridized carbons (Fsp3) is 0.333. The molecule has 0 saturated carbocycles. The van der Waals surface area contributed by atoms with Crippen LogP contribution in [0.3, 0.4) is 0 Å². The third-order valence-corrected chi connectivity index (χ3v) is 7.20. The fourth-order valence-electron chi connectivity index (χ4n) is 5.47. The van der Waals surface area contributed by atoms with E-state index < -0.39 is 12.2 Å². The average Bonchev–Trinajstić information content (AvgIpc) is 3.26. The second-order valence-electron chi connectivity index (χ2n) is 10.3. The van der Waals surface area contributed by atoms with Crippen molar-refractivity contribution in [2.75, 3.05) is 25.0 Å². The zero-order valence-electron chi connectivity index (χ0n) is 21.7. The molecule has 1 fully saturated rings. The monoisotopic (exact) mass is 500 g/mol. The van der Waals surface area contributed by atoms with Crippen LogP contribution in [0, 0.1) is 20.8 Å². The summed E-state index contributed by atoms with van der Waals surface area (Å²) in [4.78, 5) is 22.5. The molecule has 0 aromatic heterocycles. The van der Waals surface area contributed by atoms with E-state index in [2.05, 4.69) is 23.5 Å². The smallest absolute Gasteiger partial charge is 0.250 e. The summed E-state index contributed by atoms with van der Waals surface area (Å²) in [6.07, 6.45) is 1.27. The number of carbonyl (C=O) groups is 1. The number of benzene rings is 3. The molecule has 37 heavy (non-hydrogen) atoms. The molecule has 1 amide bonds. The molecule has 2 heterocycles. The molecule has 3 aromatic rings. The number of phenolic OH excluding ortho intramolecular Hbond substituents is 1. The lowest BCUT2D eigenvalue weighted by atomic mass is 9.91. The lowest BCUT2D eigenvalue weighted by Crippen LogP contribution is -2.46. The largest absolute Gasteiger partial charge is 0.508 e. The summed E-state index contributed by atoms with van der Waals surface area (Å²) in [6, 6.07) is 16.6. The van der Waals surface area contributed by atoms with Crippen molar-refractivity contribution in [3.63, 3.8) is 0 Å². The number of aliphatic imine (C=N–C) groups is 1. The summed E-state index contributed by atoms with van der Waals surface area (Å²) in [5.74, 6) is 0.105. The van der Waals surface area contributed by atoms with Crippen molar-refractivity contribution in [3.8, 4) is 16.9 Å². The highest BCUT2D eigenvalue weighted by molar-refractivity contribution is 5.99. The van der Waals surface area contributed by atoms with E-state index in [-0.39, 0.29) is 17.7 Å². The second kappa shape index (κ2) is 9.98. The van der Waals surface area contributed by atoms with Crippen molar-refractivity contribution in [1.29, 1.82) is 0 Å². The highest BCUT2D eigenvalue weighted by Gasteiger charge is 2.36. The lowest BCUT2D eigenvalue weighted by molar-refractivity contribution is -0.131. The van der Waals surface area contributed by atoms with Gasteiger partial charge in [-0.3, -0.25) is 4.79 Å². The molecule has 1 unspecified atom stereocenters. The fourth-order valence-corrected chi connectivity index (χ4v) is 5.47. The Morgan fingerprint density at radius 1 is 1.14 bits per heavy atom. The number of fused-ring (bicyclic) bond motifs is 1. The number of anilines is 1. The zero-order valence-corrected chi connectivity index (χ0v) is 21.7. The van der Waals surface area contributed by atoms with Gasteiger partial charge < -0.3 is 20.2 Å². The van der Waals surface area contributed by atoms with Crippen molar-refractivity contribution in [1.82, 2.24) is 10.2 Å². The average molecular weight is 501 g/mol. The van der Waals surface area contributed by atoms with Crippen LogP contribution in [0.25, 0.3) is 11.1 Å². The van der Waals surface area contributed by atoms with Gasteiger partial charge in [-0.15, -0.1) is 0 Å². The molecule has 0 radical (unpaired) electrons. The van der Waals surface area contributed by atoms with Gasteiger partial charge in [0, 0.05) is 37.4 Å². The van der Waals surface area contributed by atoms with E-state index >= 15 is 0 Å². The van der Waals surface area contributed by atoms with Crippen LogP contribution in [0.2, 0.25) is 0 Å². The number of carbonyl (C=O) groups excluding carboxylic acids is 1. The van der Waals surface area contributed by atoms with Crippen molar-refractivity contribution in [2.24, 2.45) is 4.99 Å². The first-order valence-electron chi connectivity index (χ1n) is 12.7. The first-order valence-corrected chi connectivity index (χ1v) is 12.7. The van der Waals surface area contributed by atoms with E-state index in [1.165, 1.54) is 0 Å². The topological polar surface area (TPSA) is 68.2 Å². The lowest BCUT2D eigenvalue weighted by Gasteiger charge is -2.36. The van der Waals surface area contributed by atoms with Gasteiger partial charge in [0.15, 0.2) is 0 Å². The molecule has 192 valence electrons. The van der Waals surface area contributed by atoms with Gasteiger partial charge in [0.25, 0.3) is 0 Å². The van der Waals surface area contributed by atoms with Crippen molar-refractivity contribution in [3.05, 3.63) is 76.9 Å². The quantitative estimate of drug-likeness (QED) is 0.495. The Morgan fingerprint density at radius 2 is 1.89 bits per heavy atom. The molecule has 0 aliphatic carbocycles. The van der Waals surface area contributed by atoms with Gasteiger partial charge in [0.2, 0.25) is 5.91 Å². The van der Waals surface area contributed by atoms with Gasteiger partial charge in [0.1, 0.15) is 18.0 Å². The molecular weight excluding hydrogens is 467 g/mol. The SMILES string of the molecule is Cc1cc(C)cc(N2C=Nc3cc(C)c(-c4cccc(O)c4)cc3C2C(=O)N(C)C[C@@H]2C[C@@H](F)CN2)c1. The van der Waals surface area contributed by atoms with Gasteiger partial charge in [-0.05, 0) is 91.4 Å². The van der Waals surface area contributed by atoms with Crippen LogP contribution in [0.4, 0.5) is 15.8 Å². The summed E-state index contributed by atoms with van der Waals surface area (Å²) in [6.45, 7) is 6.84. The molecular formula is C30H33FN4O2. The first kappa shape index (κ1) is 25.0. The van der Waals surface area contributed by atoms with E-state index in [1.54, 1.807) is 30.4 Å². The molecule has 2 aliphatic heterocycles. The Labute approximate surface area is 217 Å². The van der Waals surface area contributed by atoms with Crippen molar-refractivity contribution < 1.29 is 14.3 Å². The molecule has 7 heteroatoms. The van der Waals surface area contributed by atoms with E-state index in [0.29, 0.717) is 19.5 Å². The zero-order chi connectivity index (χ0) is 26.3. The van der Waals surface area contributed by atoms with Crippen LogP contribution in [-0.2, 0) is 4.79 Å². The predicted octanol–water partition coefficient (Wildman–Crippen LogP) is 5.36. The number of halogens is 1. The Hall–Kier alpha value is -3.71. The van der Waals surface area contributed by atoms with Crippen LogP contribution >= 0.6 is 0 Å². The van der Waals surface area contributed by atoms with E-state index in [9.17, 15) is 14.3 Å². The Kier molecular flexibility index (Phi) is 6.73. The van der Waals surface area contributed by atoms with E-state index in [0.717, 1.165) is 44.8 Å². The minimum atomic E-state index is -0.879. The third kappa shape index (κ3) is 5.09. The normalized spacial score (nSPS) is 20.7. The number of aryl methyl sites for hydroxylation is 3. The number of hydrogen-bond acceptors (Lipinski definition) is 5. The molecule has 2 aliphatic rings. The summed E-state index contributed by atoms with van der Waals surface area (Å²) < 4.78 is 13.8. The summed E-state index contributed by atoms with van der Waals surface area (Å²) in [7, 11) is 1.78. The van der Waals surface area contributed by atoms with Gasteiger partial charge in [-0.1, -0.05) is 18.2 Å². The Balaban J connectivity index is 1.60. The number of likely N-dealkylation sites (N-methyl/N-ethyl adjacent to an activating group) is 1. The number of aromatic hydroxyl groups is 1. The molecule has 0 spiro atoms. The number of amides is 1. The van der Waals surface area contributed by atoms with Gasteiger partial charge in [0.05, 0.1) is 12.0 Å². The van der Waals surface area contributed by atoms with E-state index in [1.807, 2.05) is 49.9 Å². The molecule has 6 nitrogen and oxygen atoms in total. The number of hydrogen-bond donors (Lipinski definition) is 2. The molecule has 3 aromatic carbocycles. The van der Waals surface area contributed by atoms with E-state index in [4.69, 9.17) is 4.99 Å². The molecule has 2 N–H and O–H groups in total. The number of phenols is 1. The molecule has 0 bridgehead atoms. The Morgan fingerprint density at radius 3 is 2.57 bits per heavy atom. The standard InChI is InChI=1S/C30H33FN4O2/c1-18-8-19(2)10-24(9-18)35-17-33-28-11-20(3)26(21-6-5-7-25(36)12-21)14-27(28)29(35)30(37)34(4)16-23-13-22(31)15-32-23/h5-12,14,17,22-23,29,32,36H,13,15-16H2,1-4H3/t22-,23+,29?/m1/s1. The predicted molar refractivity (Wildman–Crippen MR) is 147 cm³/mol. The van der Waals surface area contributed by atoms with Crippen LogP contribution in [-0.4, -0.2) is 54.6 Å². The van der Waals surface area contributed by atoms with Crippen LogP contribution in [0.5, 0.6) is 5.75 Å². The van der Waals surface area contributed by atoms with Gasteiger partial charge in [-0.25, -0.2) is 9.38 Å². The number of rotatable bonds is 5.